The van der Waals surface area contributed by atoms with E-state index >= 15 is 0 Å². The Labute approximate surface area is 175 Å². The molecule has 0 unspecified atom stereocenters. The number of aryl methyl sites for hydroxylation is 1. The number of anilines is 1. The maximum absolute atomic E-state index is 13.0. The van der Waals surface area contributed by atoms with Gasteiger partial charge in [-0.25, -0.2) is 4.68 Å². The third-order valence-corrected chi connectivity index (χ3v) is 4.72. The summed E-state index contributed by atoms with van der Waals surface area (Å²) in [7, 11) is 0. The van der Waals surface area contributed by atoms with E-state index < -0.39 is 0 Å². The zero-order chi connectivity index (χ0) is 20.9. The van der Waals surface area contributed by atoms with Crippen LogP contribution in [-0.2, 0) is 6.42 Å². The van der Waals surface area contributed by atoms with Crippen molar-refractivity contribution in [2.75, 3.05) is 5.32 Å². The minimum absolute atomic E-state index is 0.255. The molecule has 0 aliphatic carbocycles. The molecule has 30 heavy (non-hydrogen) atoms. The zero-order valence-electron chi connectivity index (χ0n) is 16.5. The monoisotopic (exact) mass is 392 g/mol. The third kappa shape index (κ3) is 4.29. The van der Waals surface area contributed by atoms with Crippen molar-refractivity contribution in [3.8, 4) is 11.8 Å². The van der Waals surface area contributed by atoms with E-state index in [1.54, 1.807) is 28.9 Å². The van der Waals surface area contributed by atoms with Crippen LogP contribution in [0.2, 0.25) is 0 Å². The topological polar surface area (TPSA) is 70.7 Å². The van der Waals surface area contributed by atoms with Crippen LogP contribution >= 0.6 is 0 Å². The fourth-order valence-electron chi connectivity index (χ4n) is 3.35. The summed E-state index contributed by atoms with van der Waals surface area (Å²) < 4.78 is 1.57. The Morgan fingerprint density at radius 3 is 2.53 bits per heavy atom. The van der Waals surface area contributed by atoms with Crippen molar-refractivity contribution < 1.29 is 4.79 Å². The number of aromatic nitrogens is 2. The Hall–Kier alpha value is -4.17. The van der Waals surface area contributed by atoms with Crippen LogP contribution in [0.3, 0.4) is 0 Å². The van der Waals surface area contributed by atoms with Gasteiger partial charge in [-0.2, -0.15) is 10.4 Å². The van der Waals surface area contributed by atoms with E-state index in [9.17, 15) is 4.79 Å². The molecule has 5 heteroatoms. The average molecular weight is 392 g/mol. The van der Waals surface area contributed by atoms with Gasteiger partial charge in [-0.05, 0) is 60.9 Å². The molecule has 0 aliphatic rings. The molecule has 1 aromatic heterocycles. The summed E-state index contributed by atoms with van der Waals surface area (Å²) in [6.07, 6.45) is 0.794. The maximum Gasteiger partial charge on any atom is 0.274 e. The van der Waals surface area contributed by atoms with Crippen LogP contribution in [0.15, 0.2) is 84.9 Å². The standard InChI is InChI=1S/C25H20N4O/c1-18-13-24(29(28-18)23-12-6-10-21(16-23)17-26)25(30)27-22-11-5-9-20(15-22)14-19-7-3-2-4-8-19/h2-13,15-16H,14H2,1H3,(H,27,30). The normalized spacial score (nSPS) is 10.4. The molecule has 1 heterocycles. The predicted molar refractivity (Wildman–Crippen MR) is 117 cm³/mol. The quantitative estimate of drug-likeness (QED) is 0.525. The highest BCUT2D eigenvalue weighted by atomic mass is 16.2. The van der Waals surface area contributed by atoms with Crippen LogP contribution in [0.25, 0.3) is 5.69 Å². The molecule has 0 saturated heterocycles. The highest BCUT2D eigenvalue weighted by Crippen LogP contribution is 2.18. The Balaban J connectivity index is 1.58. The Morgan fingerprint density at radius 1 is 0.967 bits per heavy atom. The van der Waals surface area contributed by atoms with E-state index in [1.807, 2.05) is 55.5 Å². The first-order valence-corrected chi connectivity index (χ1v) is 9.64. The number of nitrogens with one attached hydrogen (secondary N) is 1. The molecule has 4 aromatic rings. The highest BCUT2D eigenvalue weighted by molar-refractivity contribution is 6.03. The van der Waals surface area contributed by atoms with Crippen molar-refractivity contribution in [2.24, 2.45) is 0 Å². The van der Waals surface area contributed by atoms with Gasteiger partial charge in [0.1, 0.15) is 5.69 Å². The SMILES string of the molecule is Cc1cc(C(=O)Nc2cccc(Cc3ccccc3)c2)n(-c2cccc(C#N)c2)n1. The molecular formula is C25H20N4O. The molecule has 0 aliphatic heterocycles. The van der Waals surface area contributed by atoms with Crippen molar-refractivity contribution in [1.82, 2.24) is 9.78 Å². The summed E-state index contributed by atoms with van der Waals surface area (Å²) in [5, 5.41) is 16.6. The van der Waals surface area contributed by atoms with Crippen LogP contribution in [0.5, 0.6) is 0 Å². The van der Waals surface area contributed by atoms with Gasteiger partial charge in [0.15, 0.2) is 0 Å². The molecular weight excluding hydrogens is 372 g/mol. The molecule has 0 atom stereocenters. The first-order chi connectivity index (χ1) is 14.6. The van der Waals surface area contributed by atoms with E-state index in [0.29, 0.717) is 16.9 Å². The zero-order valence-corrected chi connectivity index (χ0v) is 16.5. The number of carbonyl (C=O) groups excluding carboxylic acids is 1. The Bertz CT molecular complexity index is 1240. The second-order valence-electron chi connectivity index (χ2n) is 7.06. The van der Waals surface area contributed by atoms with E-state index in [-0.39, 0.29) is 5.91 Å². The molecule has 5 nitrogen and oxygen atoms in total. The second kappa shape index (κ2) is 8.46. The third-order valence-electron chi connectivity index (χ3n) is 4.72. The number of hydrogen-bond donors (Lipinski definition) is 1. The second-order valence-corrected chi connectivity index (χ2v) is 7.06. The molecule has 3 aromatic carbocycles. The van der Waals surface area contributed by atoms with Gasteiger partial charge >= 0.3 is 0 Å². The van der Waals surface area contributed by atoms with Gasteiger partial charge in [-0.3, -0.25) is 4.79 Å². The lowest BCUT2D eigenvalue weighted by Crippen LogP contribution is -2.17. The van der Waals surface area contributed by atoms with Crippen molar-refractivity contribution in [1.29, 1.82) is 5.26 Å². The van der Waals surface area contributed by atoms with Crippen LogP contribution < -0.4 is 5.32 Å². The van der Waals surface area contributed by atoms with Crippen molar-refractivity contribution in [3.63, 3.8) is 0 Å². The molecule has 0 fully saturated rings. The van der Waals surface area contributed by atoms with E-state index in [2.05, 4.69) is 28.6 Å². The first kappa shape index (κ1) is 19.2. The van der Waals surface area contributed by atoms with Gasteiger partial charge in [0.25, 0.3) is 5.91 Å². The number of carbonyl (C=O) groups is 1. The van der Waals surface area contributed by atoms with Gasteiger partial charge in [-0.1, -0.05) is 48.5 Å². The van der Waals surface area contributed by atoms with Crippen molar-refractivity contribution >= 4 is 11.6 Å². The first-order valence-electron chi connectivity index (χ1n) is 9.64. The molecule has 0 radical (unpaired) electrons. The number of hydrogen-bond acceptors (Lipinski definition) is 3. The van der Waals surface area contributed by atoms with Gasteiger partial charge in [-0.15, -0.1) is 0 Å². The predicted octanol–water partition coefficient (Wildman–Crippen LogP) is 4.90. The highest BCUT2D eigenvalue weighted by Gasteiger charge is 2.16. The summed E-state index contributed by atoms with van der Waals surface area (Å²) in [4.78, 5) is 13.0. The Morgan fingerprint density at radius 2 is 1.73 bits per heavy atom. The molecule has 0 bridgehead atoms. The Kier molecular flexibility index (Phi) is 5.40. The van der Waals surface area contributed by atoms with E-state index in [4.69, 9.17) is 5.26 Å². The minimum Gasteiger partial charge on any atom is -0.321 e. The molecule has 0 spiro atoms. The number of benzene rings is 3. The van der Waals surface area contributed by atoms with E-state index in [0.717, 1.165) is 23.4 Å². The van der Waals surface area contributed by atoms with Crippen molar-refractivity contribution in [3.05, 3.63) is 113 Å². The largest absolute Gasteiger partial charge is 0.321 e. The molecule has 0 saturated carbocycles. The van der Waals surface area contributed by atoms with Crippen LogP contribution in [0, 0.1) is 18.3 Å². The number of nitriles is 1. The number of amides is 1. The lowest BCUT2D eigenvalue weighted by atomic mass is 10.0. The molecule has 4 rings (SSSR count). The lowest BCUT2D eigenvalue weighted by Gasteiger charge is -2.10. The van der Waals surface area contributed by atoms with Gasteiger partial charge < -0.3 is 5.32 Å². The fraction of sp³-hybridized carbons (Fsp3) is 0.0800. The minimum atomic E-state index is -0.255. The summed E-state index contributed by atoms with van der Waals surface area (Å²) in [5.74, 6) is -0.255. The number of rotatable bonds is 5. The van der Waals surface area contributed by atoms with Crippen LogP contribution in [0.4, 0.5) is 5.69 Å². The van der Waals surface area contributed by atoms with Crippen LogP contribution in [0.1, 0.15) is 32.9 Å². The van der Waals surface area contributed by atoms with Gasteiger partial charge in [0.2, 0.25) is 0 Å². The fourth-order valence-corrected chi connectivity index (χ4v) is 3.35. The van der Waals surface area contributed by atoms with Gasteiger partial charge in [0.05, 0.1) is 23.0 Å². The number of nitrogens with zero attached hydrogens (tertiary/aromatic N) is 3. The lowest BCUT2D eigenvalue weighted by molar-refractivity contribution is 0.101. The van der Waals surface area contributed by atoms with Crippen LogP contribution in [-0.4, -0.2) is 15.7 Å². The van der Waals surface area contributed by atoms with Crippen molar-refractivity contribution in [2.45, 2.75) is 13.3 Å². The van der Waals surface area contributed by atoms with E-state index in [1.165, 1.54) is 5.56 Å². The summed E-state index contributed by atoms with van der Waals surface area (Å²) in [6, 6.07) is 28.9. The molecule has 1 amide bonds. The molecule has 146 valence electrons. The maximum atomic E-state index is 13.0. The summed E-state index contributed by atoms with van der Waals surface area (Å²) in [6.45, 7) is 1.84. The van der Waals surface area contributed by atoms with Gasteiger partial charge in [0, 0.05) is 5.69 Å². The smallest absolute Gasteiger partial charge is 0.274 e. The molecule has 1 N–H and O–H groups in total. The summed E-state index contributed by atoms with van der Waals surface area (Å²) >= 11 is 0. The summed E-state index contributed by atoms with van der Waals surface area (Å²) in [5.41, 5.74) is 5.38. The average Bonchev–Trinajstić information content (AvgIpc) is 3.17.